The Hall–Kier alpha value is -0.650. The van der Waals surface area contributed by atoms with Gasteiger partial charge in [-0.05, 0) is 12.3 Å². The average Bonchev–Trinajstić information content (AvgIpc) is 2.62. The van der Waals surface area contributed by atoms with E-state index in [1.165, 1.54) is 0 Å². The maximum absolute atomic E-state index is 6.41. The van der Waals surface area contributed by atoms with E-state index in [0.717, 1.165) is 48.9 Å². The van der Waals surface area contributed by atoms with Crippen LogP contribution >= 0.6 is 23.8 Å². The molecular weight excluding hydrogens is 292 g/mol. The smallest absolute Gasteiger partial charge is 0.0863 e. The predicted molar refractivity (Wildman–Crippen MR) is 89.1 cm³/mol. The molecule has 1 aromatic heterocycles. The Balaban J connectivity index is 2.82. The van der Waals surface area contributed by atoms with Gasteiger partial charge in [0.05, 0.1) is 21.4 Å². The Kier molecular flexibility index (Phi) is 6.92. The minimum absolute atomic E-state index is 0.559. The summed E-state index contributed by atoms with van der Waals surface area (Å²) < 4.78 is 1.88. The summed E-state index contributed by atoms with van der Waals surface area (Å²) >= 11 is 11.4. The van der Waals surface area contributed by atoms with E-state index in [4.69, 9.17) is 29.6 Å². The van der Waals surface area contributed by atoms with Crippen LogP contribution in [0.15, 0.2) is 0 Å². The number of aryl methyl sites for hydroxylation is 2. The molecule has 0 aliphatic heterocycles. The Labute approximate surface area is 132 Å². The second-order valence-electron chi connectivity index (χ2n) is 5.53. The predicted octanol–water partition coefficient (Wildman–Crippen LogP) is 2.77. The Bertz CT molecular complexity index is 456. The summed E-state index contributed by atoms with van der Waals surface area (Å²) in [7, 11) is 1.95. The van der Waals surface area contributed by atoms with E-state index >= 15 is 0 Å². The third kappa shape index (κ3) is 5.04. The third-order valence-electron chi connectivity index (χ3n) is 3.17. The van der Waals surface area contributed by atoms with Crippen LogP contribution in [0.4, 0.5) is 0 Å². The largest absolute Gasteiger partial charge is 0.393 e. The fraction of sp³-hybridized carbons (Fsp3) is 0.714. The van der Waals surface area contributed by atoms with Crippen LogP contribution in [0.3, 0.4) is 0 Å². The highest BCUT2D eigenvalue weighted by Gasteiger charge is 2.17. The van der Waals surface area contributed by atoms with Gasteiger partial charge in [-0.25, -0.2) is 0 Å². The van der Waals surface area contributed by atoms with Gasteiger partial charge in [0.15, 0.2) is 0 Å². The molecular formula is C14H25ClN4S. The highest BCUT2D eigenvalue weighted by molar-refractivity contribution is 7.80. The number of nitrogens with two attached hydrogens (primary N) is 1. The summed E-state index contributed by atoms with van der Waals surface area (Å²) in [6.07, 6.45) is 1.59. The monoisotopic (exact) mass is 316 g/mol. The van der Waals surface area contributed by atoms with E-state index in [1.54, 1.807) is 0 Å². The van der Waals surface area contributed by atoms with Crippen molar-refractivity contribution in [2.75, 3.05) is 13.1 Å². The van der Waals surface area contributed by atoms with E-state index in [0.29, 0.717) is 10.9 Å². The standard InChI is InChI=1S/C14H25ClN4S/c1-5-11-14(15)12(18(4)17-11)9-19(8-10(2)3)7-6-13(16)20/h10H,5-9H2,1-4H3,(H2,16,20). The molecule has 20 heavy (non-hydrogen) atoms. The molecule has 0 aliphatic rings. The Morgan fingerprint density at radius 1 is 1.50 bits per heavy atom. The molecule has 0 spiro atoms. The van der Waals surface area contributed by atoms with E-state index in [-0.39, 0.29) is 0 Å². The quantitative estimate of drug-likeness (QED) is 0.749. The Morgan fingerprint density at radius 2 is 2.15 bits per heavy atom. The lowest BCUT2D eigenvalue weighted by Crippen LogP contribution is -2.31. The third-order valence-corrected chi connectivity index (χ3v) is 3.81. The van der Waals surface area contributed by atoms with Gasteiger partial charge in [-0.3, -0.25) is 9.58 Å². The van der Waals surface area contributed by atoms with Crippen LogP contribution in [0.2, 0.25) is 5.02 Å². The van der Waals surface area contributed by atoms with Gasteiger partial charge in [0.25, 0.3) is 0 Å². The zero-order valence-electron chi connectivity index (χ0n) is 12.8. The van der Waals surface area contributed by atoms with Crippen molar-refractivity contribution in [3.63, 3.8) is 0 Å². The van der Waals surface area contributed by atoms with Gasteiger partial charge in [-0.2, -0.15) is 5.10 Å². The molecule has 4 nitrogen and oxygen atoms in total. The van der Waals surface area contributed by atoms with Crippen LogP contribution in [0.1, 0.15) is 38.6 Å². The molecule has 114 valence electrons. The molecule has 6 heteroatoms. The summed E-state index contributed by atoms with van der Waals surface area (Å²) in [6.45, 7) is 9.11. The minimum atomic E-state index is 0.559. The maximum atomic E-state index is 6.41. The normalized spacial score (nSPS) is 11.6. The topological polar surface area (TPSA) is 47.1 Å². The molecule has 0 aromatic carbocycles. The van der Waals surface area contributed by atoms with Gasteiger partial charge in [0.1, 0.15) is 0 Å². The second-order valence-corrected chi connectivity index (χ2v) is 6.43. The molecule has 0 amide bonds. The van der Waals surface area contributed by atoms with Crippen LogP contribution in [0.25, 0.3) is 0 Å². The van der Waals surface area contributed by atoms with Crippen molar-refractivity contribution in [1.82, 2.24) is 14.7 Å². The zero-order chi connectivity index (χ0) is 15.3. The van der Waals surface area contributed by atoms with Crippen LogP contribution < -0.4 is 5.73 Å². The SMILES string of the molecule is CCc1nn(C)c(CN(CCC(N)=S)CC(C)C)c1Cl. The molecule has 2 N–H and O–H groups in total. The molecule has 0 fully saturated rings. The fourth-order valence-electron chi connectivity index (χ4n) is 2.22. The van der Waals surface area contributed by atoms with Crippen molar-refractivity contribution < 1.29 is 0 Å². The number of rotatable bonds is 8. The number of thiocarbonyl (C=S) groups is 1. The molecule has 0 atom stereocenters. The van der Waals surface area contributed by atoms with Crippen molar-refractivity contribution in [3.8, 4) is 0 Å². The highest BCUT2D eigenvalue weighted by atomic mass is 35.5. The number of hydrogen-bond donors (Lipinski definition) is 1. The first-order chi connectivity index (χ1) is 9.35. The first kappa shape index (κ1) is 17.4. The molecule has 1 aromatic rings. The van der Waals surface area contributed by atoms with Crippen LogP contribution in [0.5, 0.6) is 0 Å². The highest BCUT2D eigenvalue weighted by Crippen LogP contribution is 2.22. The first-order valence-electron chi connectivity index (χ1n) is 7.06. The lowest BCUT2D eigenvalue weighted by atomic mass is 10.2. The van der Waals surface area contributed by atoms with Crippen LogP contribution in [-0.4, -0.2) is 32.8 Å². The fourth-order valence-corrected chi connectivity index (χ4v) is 2.67. The minimum Gasteiger partial charge on any atom is -0.393 e. The molecule has 0 saturated carbocycles. The molecule has 0 saturated heterocycles. The molecule has 1 rings (SSSR count). The summed E-state index contributed by atoms with van der Waals surface area (Å²) in [5, 5.41) is 5.25. The molecule has 0 bridgehead atoms. The number of nitrogens with zero attached hydrogens (tertiary/aromatic N) is 3. The summed E-state index contributed by atoms with van der Waals surface area (Å²) in [5.74, 6) is 0.582. The van der Waals surface area contributed by atoms with E-state index < -0.39 is 0 Å². The summed E-state index contributed by atoms with van der Waals surface area (Å²) in [4.78, 5) is 2.90. The maximum Gasteiger partial charge on any atom is 0.0863 e. The second kappa shape index (κ2) is 7.96. The summed E-state index contributed by atoms with van der Waals surface area (Å²) in [5.41, 5.74) is 7.63. The lowest BCUT2D eigenvalue weighted by molar-refractivity contribution is 0.237. The van der Waals surface area contributed by atoms with Crippen molar-refractivity contribution in [2.45, 2.75) is 40.2 Å². The van der Waals surface area contributed by atoms with Crippen LogP contribution in [0, 0.1) is 5.92 Å². The van der Waals surface area contributed by atoms with Crippen molar-refractivity contribution in [2.24, 2.45) is 18.7 Å². The van der Waals surface area contributed by atoms with Crippen molar-refractivity contribution in [1.29, 1.82) is 0 Å². The lowest BCUT2D eigenvalue weighted by Gasteiger charge is -2.24. The van der Waals surface area contributed by atoms with E-state index in [9.17, 15) is 0 Å². The zero-order valence-corrected chi connectivity index (χ0v) is 14.4. The molecule has 0 radical (unpaired) electrons. The van der Waals surface area contributed by atoms with Crippen molar-refractivity contribution in [3.05, 3.63) is 16.4 Å². The van der Waals surface area contributed by atoms with E-state index in [2.05, 4.69) is 30.8 Å². The summed E-state index contributed by atoms with van der Waals surface area (Å²) in [6, 6.07) is 0. The van der Waals surface area contributed by atoms with Gasteiger partial charge in [0.2, 0.25) is 0 Å². The number of halogens is 1. The van der Waals surface area contributed by atoms with Gasteiger partial charge in [0, 0.05) is 33.1 Å². The Morgan fingerprint density at radius 3 is 2.60 bits per heavy atom. The van der Waals surface area contributed by atoms with Gasteiger partial charge >= 0.3 is 0 Å². The van der Waals surface area contributed by atoms with Crippen LogP contribution in [-0.2, 0) is 20.0 Å². The number of hydrogen-bond acceptors (Lipinski definition) is 3. The average molecular weight is 317 g/mol. The number of aromatic nitrogens is 2. The molecule has 1 heterocycles. The van der Waals surface area contributed by atoms with E-state index in [1.807, 2.05) is 11.7 Å². The van der Waals surface area contributed by atoms with Gasteiger partial charge < -0.3 is 5.73 Å². The molecule has 0 aliphatic carbocycles. The van der Waals surface area contributed by atoms with Gasteiger partial charge in [-0.15, -0.1) is 0 Å². The van der Waals surface area contributed by atoms with Gasteiger partial charge in [-0.1, -0.05) is 44.6 Å². The molecule has 0 unspecified atom stereocenters. The first-order valence-corrected chi connectivity index (χ1v) is 7.84. The van der Waals surface area contributed by atoms with Crippen molar-refractivity contribution >= 4 is 28.8 Å².